The number of hydrogen-bond acceptors (Lipinski definition) is 3. The van der Waals surface area contributed by atoms with E-state index in [1.807, 2.05) is 0 Å². The summed E-state index contributed by atoms with van der Waals surface area (Å²) in [6, 6.07) is 0. The quantitative estimate of drug-likeness (QED) is 0.634. The van der Waals surface area contributed by atoms with E-state index >= 15 is 0 Å². The van der Waals surface area contributed by atoms with Gasteiger partial charge in [-0.05, 0) is 0 Å². The molecule has 8 heavy (non-hydrogen) atoms. The van der Waals surface area contributed by atoms with Crippen molar-refractivity contribution in [2.24, 2.45) is 0 Å². The molecule has 0 N–H and O–H groups in total. The first-order valence-electron chi connectivity index (χ1n) is 1.77. The second kappa shape index (κ2) is 3.74. The summed E-state index contributed by atoms with van der Waals surface area (Å²) in [5.74, 6) is 0. The Morgan fingerprint density at radius 2 is 2.50 bits per heavy atom. The van der Waals surface area contributed by atoms with Gasteiger partial charge in [-0.15, -0.1) is 28.3 Å². The van der Waals surface area contributed by atoms with E-state index in [0.29, 0.717) is 5.69 Å². The molecule has 0 bridgehead atoms. The minimum atomic E-state index is 0. The zero-order valence-electron chi connectivity index (χ0n) is 3.90. The van der Waals surface area contributed by atoms with E-state index in [0.717, 1.165) is 6.29 Å². The van der Waals surface area contributed by atoms with Gasteiger partial charge in [0, 0.05) is 5.38 Å². The van der Waals surface area contributed by atoms with Crippen molar-refractivity contribution in [3.63, 3.8) is 0 Å². The first-order chi connectivity index (χ1) is 3.43. The van der Waals surface area contributed by atoms with Crippen molar-refractivity contribution in [1.29, 1.82) is 0 Å². The van der Waals surface area contributed by atoms with Gasteiger partial charge in [0.05, 0.1) is 5.51 Å². The number of halogens is 1. The van der Waals surface area contributed by atoms with Crippen molar-refractivity contribution in [1.82, 2.24) is 4.98 Å². The molecule has 0 saturated heterocycles. The number of rotatable bonds is 1. The first kappa shape index (κ1) is 7.78. The van der Waals surface area contributed by atoms with E-state index in [1.165, 1.54) is 11.3 Å². The van der Waals surface area contributed by atoms with Crippen LogP contribution in [0.3, 0.4) is 0 Å². The minimum Gasteiger partial charge on any atom is -0.296 e. The van der Waals surface area contributed by atoms with Crippen LogP contribution in [0, 0.1) is 0 Å². The van der Waals surface area contributed by atoms with E-state index in [4.69, 9.17) is 0 Å². The van der Waals surface area contributed by atoms with Gasteiger partial charge in [-0.3, -0.25) is 4.79 Å². The maximum Gasteiger partial charge on any atom is 0.169 e. The van der Waals surface area contributed by atoms with Crippen LogP contribution in [0.15, 0.2) is 10.9 Å². The van der Waals surface area contributed by atoms with Crippen LogP contribution in [0.1, 0.15) is 10.5 Å². The topological polar surface area (TPSA) is 30.0 Å². The van der Waals surface area contributed by atoms with Gasteiger partial charge in [0.15, 0.2) is 6.29 Å². The van der Waals surface area contributed by atoms with E-state index in [-0.39, 0.29) is 17.0 Å². The standard InChI is InChI=1S/C4H3NOS.BrH/c6-1-4-2-7-3-5-4;/h1-3H;1H. The van der Waals surface area contributed by atoms with Gasteiger partial charge in [-0.25, -0.2) is 4.98 Å². The number of thiazole rings is 1. The van der Waals surface area contributed by atoms with Crippen LogP contribution in [0.2, 0.25) is 0 Å². The van der Waals surface area contributed by atoms with Crippen LogP contribution in [0.4, 0.5) is 0 Å². The van der Waals surface area contributed by atoms with Gasteiger partial charge in [0.25, 0.3) is 0 Å². The lowest BCUT2D eigenvalue weighted by Crippen LogP contribution is -1.72. The second-order valence-corrected chi connectivity index (χ2v) is 1.75. The van der Waals surface area contributed by atoms with Gasteiger partial charge >= 0.3 is 0 Å². The molecule has 1 rings (SSSR count). The first-order valence-corrected chi connectivity index (χ1v) is 2.71. The summed E-state index contributed by atoms with van der Waals surface area (Å²) in [4.78, 5) is 13.5. The summed E-state index contributed by atoms with van der Waals surface area (Å²) in [6.07, 6.45) is 0.733. The number of nitrogens with zero attached hydrogens (tertiary/aromatic N) is 1. The van der Waals surface area contributed by atoms with Crippen molar-refractivity contribution in [2.75, 3.05) is 0 Å². The molecule has 4 heteroatoms. The van der Waals surface area contributed by atoms with Crippen LogP contribution < -0.4 is 0 Å². The zero-order chi connectivity index (χ0) is 5.11. The predicted molar refractivity (Wildman–Crippen MR) is 37.8 cm³/mol. The largest absolute Gasteiger partial charge is 0.296 e. The normalized spacial score (nSPS) is 7.50. The molecule has 0 radical (unpaired) electrons. The lowest BCUT2D eigenvalue weighted by molar-refractivity contribution is 0.111. The lowest BCUT2D eigenvalue weighted by atomic mass is 10.6. The Hall–Kier alpha value is -0.220. The molecule has 0 aliphatic rings. The molecule has 0 unspecified atom stereocenters. The van der Waals surface area contributed by atoms with Gasteiger partial charge in [-0.2, -0.15) is 0 Å². The van der Waals surface area contributed by atoms with E-state index in [1.54, 1.807) is 10.9 Å². The molecule has 44 valence electrons. The summed E-state index contributed by atoms with van der Waals surface area (Å²) in [5, 5.41) is 1.70. The summed E-state index contributed by atoms with van der Waals surface area (Å²) in [6.45, 7) is 0. The molecule has 0 spiro atoms. The van der Waals surface area contributed by atoms with Crippen LogP contribution >= 0.6 is 28.3 Å². The predicted octanol–water partition coefficient (Wildman–Crippen LogP) is 1.53. The molecule has 0 saturated carbocycles. The van der Waals surface area contributed by atoms with Gasteiger partial charge in [-0.1, -0.05) is 0 Å². The van der Waals surface area contributed by atoms with Crippen LogP contribution in [-0.4, -0.2) is 11.3 Å². The highest BCUT2D eigenvalue weighted by atomic mass is 79.9. The van der Waals surface area contributed by atoms with Crippen molar-refractivity contribution >= 4 is 34.6 Å². The maximum atomic E-state index is 9.81. The SMILES string of the molecule is Br.O=Cc1cscn1. The zero-order valence-corrected chi connectivity index (χ0v) is 6.43. The average molecular weight is 194 g/mol. The number of aldehydes is 1. The highest BCUT2D eigenvalue weighted by molar-refractivity contribution is 8.93. The molecule has 0 aliphatic carbocycles. The number of carbonyl (C=O) groups excluding carboxylic acids is 1. The third kappa shape index (κ3) is 1.71. The highest BCUT2D eigenvalue weighted by Gasteiger charge is 1.84. The second-order valence-electron chi connectivity index (χ2n) is 1.03. The average Bonchev–Trinajstić information content (AvgIpc) is 2.14. The van der Waals surface area contributed by atoms with Crippen LogP contribution in [-0.2, 0) is 0 Å². The molecule has 2 nitrogen and oxygen atoms in total. The van der Waals surface area contributed by atoms with E-state index in [9.17, 15) is 4.79 Å². The lowest BCUT2D eigenvalue weighted by Gasteiger charge is -1.65. The molecular weight excluding hydrogens is 190 g/mol. The Morgan fingerprint density at radius 1 is 1.75 bits per heavy atom. The third-order valence-electron chi connectivity index (χ3n) is 0.572. The molecular formula is C4H4BrNOS. The van der Waals surface area contributed by atoms with Crippen molar-refractivity contribution < 1.29 is 4.79 Å². The Labute approximate surface area is 61.3 Å². The summed E-state index contributed by atoms with van der Waals surface area (Å²) < 4.78 is 0. The number of carbonyl (C=O) groups is 1. The van der Waals surface area contributed by atoms with Gasteiger partial charge in [0.1, 0.15) is 5.69 Å². The Bertz CT molecular complexity index is 151. The third-order valence-corrected chi connectivity index (χ3v) is 1.18. The molecule has 1 heterocycles. The molecule has 1 aromatic heterocycles. The molecule has 0 atom stereocenters. The van der Waals surface area contributed by atoms with Gasteiger partial charge in [0.2, 0.25) is 0 Å². The molecule has 0 aromatic carbocycles. The van der Waals surface area contributed by atoms with Crippen LogP contribution in [0.5, 0.6) is 0 Å². The summed E-state index contributed by atoms with van der Waals surface area (Å²) in [7, 11) is 0. The smallest absolute Gasteiger partial charge is 0.169 e. The molecule has 0 amide bonds. The Balaban J connectivity index is 0.000000490. The highest BCUT2D eigenvalue weighted by Crippen LogP contribution is 1.95. The molecule has 1 aromatic rings. The van der Waals surface area contributed by atoms with Crippen molar-refractivity contribution in [2.45, 2.75) is 0 Å². The van der Waals surface area contributed by atoms with Crippen LogP contribution in [0.25, 0.3) is 0 Å². The monoisotopic (exact) mass is 193 g/mol. The molecule has 0 aliphatic heterocycles. The van der Waals surface area contributed by atoms with Crippen molar-refractivity contribution in [3.05, 3.63) is 16.6 Å². The Kier molecular flexibility index (Phi) is 3.64. The van der Waals surface area contributed by atoms with Crippen molar-refractivity contribution in [3.8, 4) is 0 Å². The summed E-state index contributed by atoms with van der Waals surface area (Å²) >= 11 is 1.42. The fourth-order valence-corrected chi connectivity index (χ4v) is 0.779. The molecule has 0 fully saturated rings. The van der Waals surface area contributed by atoms with E-state index in [2.05, 4.69) is 4.98 Å². The number of aromatic nitrogens is 1. The fraction of sp³-hybridized carbons (Fsp3) is 0. The summed E-state index contributed by atoms with van der Waals surface area (Å²) in [5.41, 5.74) is 2.15. The van der Waals surface area contributed by atoms with Gasteiger partial charge < -0.3 is 0 Å². The van der Waals surface area contributed by atoms with E-state index < -0.39 is 0 Å². The number of hydrogen-bond donors (Lipinski definition) is 0. The Morgan fingerprint density at radius 3 is 2.75 bits per heavy atom. The minimum absolute atomic E-state index is 0. The maximum absolute atomic E-state index is 9.81. The fourth-order valence-electron chi connectivity index (χ4n) is 0.280.